The second kappa shape index (κ2) is 8.26. The van der Waals surface area contributed by atoms with Crippen molar-refractivity contribution in [3.05, 3.63) is 59.9 Å². The maximum absolute atomic E-state index is 14.0. The highest BCUT2D eigenvalue weighted by atomic mass is 19.1. The van der Waals surface area contributed by atoms with Gasteiger partial charge < -0.3 is 9.64 Å². The summed E-state index contributed by atoms with van der Waals surface area (Å²) in [4.78, 5) is 14.8. The second-order valence-corrected chi connectivity index (χ2v) is 6.60. The Morgan fingerprint density at radius 1 is 1.24 bits per heavy atom. The average molecular weight is 341 g/mol. The fourth-order valence-electron chi connectivity index (χ4n) is 3.47. The number of rotatable bonds is 5. The molecule has 1 aliphatic rings. The molecule has 0 aromatic heterocycles. The topological polar surface area (TPSA) is 29.5 Å². The van der Waals surface area contributed by atoms with Gasteiger partial charge in [0.05, 0.1) is 0 Å². The van der Waals surface area contributed by atoms with Gasteiger partial charge in [0.25, 0.3) is 5.91 Å². The van der Waals surface area contributed by atoms with Gasteiger partial charge in [0.15, 0.2) is 0 Å². The standard InChI is InChI=1S/C21H24FNO2/c1-25-13-11-16-6-5-12-23(15-16)21(24)18-8-4-7-17(14-18)19-9-2-3-10-20(19)22/h2-4,7-10,14,16H,5-6,11-13,15H2,1H3/t16-/m1/s1. The van der Waals surface area contributed by atoms with E-state index in [9.17, 15) is 9.18 Å². The van der Waals surface area contributed by atoms with E-state index >= 15 is 0 Å². The molecule has 3 rings (SSSR count). The number of hydrogen-bond acceptors (Lipinski definition) is 2. The molecule has 132 valence electrons. The Hall–Kier alpha value is -2.20. The van der Waals surface area contributed by atoms with E-state index in [4.69, 9.17) is 4.74 Å². The summed E-state index contributed by atoms with van der Waals surface area (Å²) >= 11 is 0. The third-order valence-corrected chi connectivity index (χ3v) is 4.83. The molecular weight excluding hydrogens is 317 g/mol. The van der Waals surface area contributed by atoms with Crippen molar-refractivity contribution in [3.63, 3.8) is 0 Å². The Morgan fingerprint density at radius 2 is 2.08 bits per heavy atom. The molecule has 1 saturated heterocycles. The number of halogens is 1. The summed E-state index contributed by atoms with van der Waals surface area (Å²) in [7, 11) is 1.71. The Bertz CT molecular complexity index is 731. The van der Waals surface area contributed by atoms with Crippen LogP contribution in [0.5, 0.6) is 0 Å². The molecule has 1 fully saturated rings. The molecule has 0 unspecified atom stereocenters. The van der Waals surface area contributed by atoms with E-state index < -0.39 is 0 Å². The molecule has 1 aliphatic heterocycles. The van der Waals surface area contributed by atoms with Crippen LogP contribution in [0.15, 0.2) is 48.5 Å². The van der Waals surface area contributed by atoms with Crippen LogP contribution in [0.2, 0.25) is 0 Å². The van der Waals surface area contributed by atoms with Crippen LogP contribution in [-0.2, 0) is 4.74 Å². The first kappa shape index (κ1) is 17.6. The van der Waals surface area contributed by atoms with Crippen LogP contribution >= 0.6 is 0 Å². The number of piperidine rings is 1. The molecule has 3 nitrogen and oxygen atoms in total. The van der Waals surface area contributed by atoms with Crippen molar-refractivity contribution < 1.29 is 13.9 Å². The molecule has 2 aromatic carbocycles. The van der Waals surface area contributed by atoms with Crippen molar-refractivity contribution in [2.24, 2.45) is 5.92 Å². The lowest BCUT2D eigenvalue weighted by atomic mass is 9.94. The number of nitrogens with zero attached hydrogens (tertiary/aromatic N) is 1. The number of carbonyl (C=O) groups excluding carboxylic acids is 1. The summed E-state index contributed by atoms with van der Waals surface area (Å²) in [5.41, 5.74) is 1.87. The van der Waals surface area contributed by atoms with Crippen LogP contribution < -0.4 is 0 Å². The Kier molecular flexibility index (Phi) is 5.82. The molecular formula is C21H24FNO2. The van der Waals surface area contributed by atoms with Gasteiger partial charge in [-0.3, -0.25) is 4.79 Å². The zero-order valence-electron chi connectivity index (χ0n) is 14.6. The molecule has 1 atom stereocenters. The van der Waals surface area contributed by atoms with E-state index in [0.717, 1.165) is 44.5 Å². The molecule has 0 N–H and O–H groups in total. The maximum Gasteiger partial charge on any atom is 0.253 e. The number of benzene rings is 2. The maximum atomic E-state index is 14.0. The first-order valence-electron chi connectivity index (χ1n) is 8.82. The van der Waals surface area contributed by atoms with Gasteiger partial charge in [-0.05, 0) is 48.9 Å². The molecule has 1 amide bonds. The summed E-state index contributed by atoms with van der Waals surface area (Å²) in [5, 5.41) is 0. The van der Waals surface area contributed by atoms with E-state index in [1.54, 1.807) is 31.4 Å². The van der Waals surface area contributed by atoms with Gasteiger partial charge in [-0.25, -0.2) is 4.39 Å². The number of amides is 1. The summed E-state index contributed by atoms with van der Waals surface area (Å²) in [6.45, 7) is 2.29. The predicted molar refractivity (Wildman–Crippen MR) is 97.0 cm³/mol. The molecule has 0 bridgehead atoms. The number of methoxy groups -OCH3 is 1. The van der Waals surface area contributed by atoms with E-state index in [0.29, 0.717) is 17.0 Å². The number of hydrogen-bond donors (Lipinski definition) is 0. The van der Waals surface area contributed by atoms with Crippen LogP contribution in [0.1, 0.15) is 29.6 Å². The van der Waals surface area contributed by atoms with E-state index in [1.165, 1.54) is 6.07 Å². The minimum Gasteiger partial charge on any atom is -0.385 e. The SMILES string of the molecule is COCC[C@H]1CCCN(C(=O)c2cccc(-c3ccccc3F)c2)C1. The van der Waals surface area contributed by atoms with E-state index in [1.807, 2.05) is 23.1 Å². The Labute approximate surface area is 148 Å². The third kappa shape index (κ3) is 4.26. The highest BCUT2D eigenvalue weighted by Crippen LogP contribution is 2.25. The Balaban J connectivity index is 1.76. The van der Waals surface area contributed by atoms with E-state index in [2.05, 4.69) is 0 Å². The van der Waals surface area contributed by atoms with Crippen molar-refractivity contribution in [2.75, 3.05) is 26.8 Å². The molecule has 1 heterocycles. The number of likely N-dealkylation sites (tertiary alicyclic amines) is 1. The molecule has 0 aliphatic carbocycles. The van der Waals surface area contributed by atoms with Gasteiger partial charge in [-0.2, -0.15) is 0 Å². The lowest BCUT2D eigenvalue weighted by Gasteiger charge is -2.33. The quantitative estimate of drug-likeness (QED) is 0.808. The van der Waals surface area contributed by atoms with Crippen molar-refractivity contribution in [3.8, 4) is 11.1 Å². The predicted octanol–water partition coefficient (Wildman–Crippen LogP) is 4.38. The van der Waals surface area contributed by atoms with Crippen LogP contribution in [-0.4, -0.2) is 37.6 Å². The molecule has 4 heteroatoms. The van der Waals surface area contributed by atoms with Crippen LogP contribution in [0, 0.1) is 11.7 Å². The second-order valence-electron chi connectivity index (χ2n) is 6.60. The Morgan fingerprint density at radius 3 is 2.88 bits per heavy atom. The minimum absolute atomic E-state index is 0.0281. The summed E-state index contributed by atoms with van der Waals surface area (Å²) in [6.07, 6.45) is 3.14. The van der Waals surface area contributed by atoms with Gasteiger partial charge in [0, 0.05) is 37.9 Å². The third-order valence-electron chi connectivity index (χ3n) is 4.83. The van der Waals surface area contributed by atoms with Crippen molar-refractivity contribution >= 4 is 5.91 Å². The van der Waals surface area contributed by atoms with Gasteiger partial charge in [0.2, 0.25) is 0 Å². The fourth-order valence-corrected chi connectivity index (χ4v) is 3.47. The zero-order valence-corrected chi connectivity index (χ0v) is 14.6. The van der Waals surface area contributed by atoms with E-state index in [-0.39, 0.29) is 11.7 Å². The monoisotopic (exact) mass is 341 g/mol. The largest absolute Gasteiger partial charge is 0.385 e. The lowest BCUT2D eigenvalue weighted by molar-refractivity contribution is 0.0642. The van der Waals surface area contributed by atoms with Crippen LogP contribution in [0.4, 0.5) is 4.39 Å². The van der Waals surface area contributed by atoms with Gasteiger partial charge in [-0.15, -0.1) is 0 Å². The highest BCUT2D eigenvalue weighted by molar-refractivity contribution is 5.95. The number of carbonyl (C=O) groups is 1. The molecule has 25 heavy (non-hydrogen) atoms. The van der Waals surface area contributed by atoms with Crippen molar-refractivity contribution in [1.29, 1.82) is 0 Å². The van der Waals surface area contributed by atoms with Gasteiger partial charge in [-0.1, -0.05) is 30.3 Å². The summed E-state index contributed by atoms with van der Waals surface area (Å²) < 4.78 is 19.2. The molecule has 0 saturated carbocycles. The van der Waals surface area contributed by atoms with Crippen molar-refractivity contribution in [1.82, 2.24) is 4.90 Å². The summed E-state index contributed by atoms with van der Waals surface area (Å²) in [5.74, 6) is 0.248. The summed E-state index contributed by atoms with van der Waals surface area (Å²) in [6, 6.07) is 13.9. The van der Waals surface area contributed by atoms with Crippen LogP contribution in [0.3, 0.4) is 0 Å². The molecule has 0 spiro atoms. The van der Waals surface area contributed by atoms with Crippen molar-refractivity contribution in [2.45, 2.75) is 19.3 Å². The first-order chi connectivity index (χ1) is 12.2. The lowest BCUT2D eigenvalue weighted by Crippen LogP contribution is -2.40. The highest BCUT2D eigenvalue weighted by Gasteiger charge is 2.24. The molecule has 0 radical (unpaired) electrons. The van der Waals surface area contributed by atoms with Crippen LogP contribution in [0.25, 0.3) is 11.1 Å². The first-order valence-corrected chi connectivity index (χ1v) is 8.82. The number of ether oxygens (including phenoxy) is 1. The zero-order chi connectivity index (χ0) is 17.6. The minimum atomic E-state index is -0.273. The normalized spacial score (nSPS) is 17.5. The smallest absolute Gasteiger partial charge is 0.253 e. The average Bonchev–Trinajstić information content (AvgIpc) is 2.66. The van der Waals surface area contributed by atoms with Gasteiger partial charge >= 0.3 is 0 Å². The molecule has 2 aromatic rings. The van der Waals surface area contributed by atoms with Gasteiger partial charge in [0.1, 0.15) is 5.82 Å². The fraction of sp³-hybridized carbons (Fsp3) is 0.381.